The molecule has 0 saturated heterocycles. The van der Waals surface area contributed by atoms with Crippen molar-refractivity contribution in [3.05, 3.63) is 0 Å². The smallest absolute Gasteiger partial charge is 0.308 e. The number of rotatable bonds is 2. The van der Waals surface area contributed by atoms with Crippen LogP contribution in [0, 0.1) is 11.8 Å². The molecule has 0 radical (unpaired) electrons. The SMILES string of the molecule is COC(=O)[C@H]1C[C@H](O)[C@@H](C)[C@H](OC(C)=O)C1. The summed E-state index contributed by atoms with van der Waals surface area (Å²) in [6.45, 7) is 3.13. The van der Waals surface area contributed by atoms with E-state index in [1.54, 1.807) is 0 Å². The second-order valence-corrected chi connectivity index (χ2v) is 4.27. The van der Waals surface area contributed by atoms with Crippen molar-refractivity contribution < 1.29 is 24.2 Å². The summed E-state index contributed by atoms with van der Waals surface area (Å²) < 4.78 is 9.73. The van der Waals surface area contributed by atoms with E-state index in [9.17, 15) is 14.7 Å². The molecule has 0 aromatic heterocycles. The van der Waals surface area contributed by atoms with Gasteiger partial charge in [0.05, 0.1) is 19.1 Å². The van der Waals surface area contributed by atoms with Crippen LogP contribution >= 0.6 is 0 Å². The highest BCUT2D eigenvalue weighted by Gasteiger charge is 2.39. The molecule has 1 N–H and O–H groups in total. The number of carbonyl (C=O) groups is 2. The Bertz CT molecular complexity index is 276. The second-order valence-electron chi connectivity index (χ2n) is 4.27. The lowest BCUT2D eigenvalue weighted by Gasteiger charge is -2.35. The zero-order valence-electron chi connectivity index (χ0n) is 9.80. The van der Waals surface area contributed by atoms with Gasteiger partial charge in [-0.15, -0.1) is 0 Å². The van der Waals surface area contributed by atoms with Crippen molar-refractivity contribution in [2.24, 2.45) is 11.8 Å². The van der Waals surface area contributed by atoms with Crippen molar-refractivity contribution in [2.75, 3.05) is 7.11 Å². The summed E-state index contributed by atoms with van der Waals surface area (Å²) in [6.07, 6.45) is -0.261. The number of ether oxygens (including phenoxy) is 2. The van der Waals surface area contributed by atoms with E-state index in [1.165, 1.54) is 14.0 Å². The number of esters is 2. The quantitative estimate of drug-likeness (QED) is 0.699. The van der Waals surface area contributed by atoms with Crippen molar-refractivity contribution in [1.29, 1.82) is 0 Å². The molecule has 0 aromatic rings. The topological polar surface area (TPSA) is 72.8 Å². The number of aliphatic hydroxyl groups is 1. The highest BCUT2D eigenvalue weighted by molar-refractivity contribution is 5.72. The van der Waals surface area contributed by atoms with Gasteiger partial charge in [0.15, 0.2) is 0 Å². The van der Waals surface area contributed by atoms with Crippen LogP contribution in [-0.4, -0.2) is 36.4 Å². The predicted molar refractivity (Wildman–Crippen MR) is 55.5 cm³/mol. The third-order valence-corrected chi connectivity index (χ3v) is 3.09. The van der Waals surface area contributed by atoms with Crippen molar-refractivity contribution >= 4 is 11.9 Å². The normalized spacial score (nSPS) is 34.2. The molecule has 5 nitrogen and oxygen atoms in total. The Hall–Kier alpha value is -1.10. The van der Waals surface area contributed by atoms with Crippen LogP contribution < -0.4 is 0 Å². The Balaban J connectivity index is 2.68. The van der Waals surface area contributed by atoms with Crippen molar-refractivity contribution in [2.45, 2.75) is 38.9 Å². The molecule has 0 spiro atoms. The Morgan fingerprint density at radius 3 is 2.44 bits per heavy atom. The lowest BCUT2D eigenvalue weighted by molar-refractivity contribution is -0.164. The molecule has 0 heterocycles. The summed E-state index contributed by atoms with van der Waals surface area (Å²) in [5.74, 6) is -1.29. The van der Waals surface area contributed by atoms with Gasteiger partial charge in [0.1, 0.15) is 6.10 Å². The number of hydrogen-bond acceptors (Lipinski definition) is 5. The first-order valence-corrected chi connectivity index (χ1v) is 5.38. The highest BCUT2D eigenvalue weighted by Crippen LogP contribution is 2.32. The molecule has 1 fully saturated rings. The lowest BCUT2D eigenvalue weighted by Crippen LogP contribution is -2.43. The Kier molecular flexibility index (Phi) is 4.29. The van der Waals surface area contributed by atoms with E-state index in [1.807, 2.05) is 6.92 Å². The van der Waals surface area contributed by atoms with Gasteiger partial charge < -0.3 is 14.6 Å². The maximum Gasteiger partial charge on any atom is 0.308 e. The number of hydrogen-bond donors (Lipinski definition) is 1. The molecule has 1 rings (SSSR count). The summed E-state index contributed by atoms with van der Waals surface area (Å²) in [5.41, 5.74) is 0. The van der Waals surface area contributed by atoms with Crippen LogP contribution in [0.3, 0.4) is 0 Å². The minimum Gasteiger partial charge on any atom is -0.469 e. The summed E-state index contributed by atoms with van der Waals surface area (Å²) in [4.78, 5) is 22.3. The standard InChI is InChI=1S/C11H18O5/c1-6-9(13)4-8(11(14)15-3)5-10(6)16-7(2)12/h6,8-10,13H,4-5H2,1-3H3/t6-,8+,9+,10-/m1/s1. The van der Waals surface area contributed by atoms with Gasteiger partial charge in [0.2, 0.25) is 0 Å². The lowest BCUT2D eigenvalue weighted by atomic mass is 9.78. The molecule has 0 unspecified atom stereocenters. The van der Waals surface area contributed by atoms with E-state index in [2.05, 4.69) is 4.74 Å². The first kappa shape index (κ1) is 13.0. The molecular formula is C11H18O5. The van der Waals surface area contributed by atoms with E-state index >= 15 is 0 Å². The third kappa shape index (κ3) is 2.95. The van der Waals surface area contributed by atoms with E-state index in [0.29, 0.717) is 12.8 Å². The molecule has 0 aliphatic heterocycles. The van der Waals surface area contributed by atoms with Gasteiger partial charge in [-0.2, -0.15) is 0 Å². The fourth-order valence-corrected chi connectivity index (χ4v) is 2.07. The van der Waals surface area contributed by atoms with Crippen LogP contribution in [-0.2, 0) is 19.1 Å². The highest BCUT2D eigenvalue weighted by atomic mass is 16.5. The summed E-state index contributed by atoms with van der Waals surface area (Å²) in [7, 11) is 1.31. The average molecular weight is 230 g/mol. The second kappa shape index (κ2) is 5.30. The Morgan fingerprint density at radius 1 is 1.31 bits per heavy atom. The van der Waals surface area contributed by atoms with Crippen LogP contribution in [0.15, 0.2) is 0 Å². The first-order valence-electron chi connectivity index (χ1n) is 5.38. The van der Waals surface area contributed by atoms with Crippen LogP contribution in [0.2, 0.25) is 0 Å². The monoisotopic (exact) mass is 230 g/mol. The van der Waals surface area contributed by atoms with Crippen LogP contribution in [0.1, 0.15) is 26.7 Å². The molecule has 92 valence electrons. The molecule has 16 heavy (non-hydrogen) atoms. The number of methoxy groups -OCH3 is 1. The molecule has 0 amide bonds. The average Bonchev–Trinajstić information content (AvgIpc) is 2.22. The zero-order valence-corrected chi connectivity index (χ0v) is 9.80. The fourth-order valence-electron chi connectivity index (χ4n) is 2.07. The maximum absolute atomic E-state index is 11.4. The van der Waals surface area contributed by atoms with Gasteiger partial charge in [-0.1, -0.05) is 6.92 Å². The van der Waals surface area contributed by atoms with E-state index in [0.717, 1.165) is 0 Å². The van der Waals surface area contributed by atoms with Crippen LogP contribution in [0.25, 0.3) is 0 Å². The zero-order chi connectivity index (χ0) is 12.3. The van der Waals surface area contributed by atoms with E-state index < -0.39 is 18.2 Å². The predicted octanol–water partition coefficient (Wildman–Crippen LogP) is 0.498. The summed E-state index contributed by atoms with van der Waals surface area (Å²) in [5, 5.41) is 9.78. The molecule has 4 atom stereocenters. The minimum atomic E-state index is -0.637. The molecule has 0 aromatic carbocycles. The largest absolute Gasteiger partial charge is 0.469 e. The van der Waals surface area contributed by atoms with Gasteiger partial charge in [0, 0.05) is 12.8 Å². The minimum absolute atomic E-state index is 0.148. The molecule has 5 heteroatoms. The van der Waals surface area contributed by atoms with Gasteiger partial charge >= 0.3 is 11.9 Å². The number of carbonyl (C=O) groups excluding carboxylic acids is 2. The summed E-state index contributed by atoms with van der Waals surface area (Å²) in [6, 6.07) is 0. The van der Waals surface area contributed by atoms with Gasteiger partial charge in [-0.25, -0.2) is 0 Å². The van der Waals surface area contributed by atoms with Crippen molar-refractivity contribution in [1.82, 2.24) is 0 Å². The maximum atomic E-state index is 11.4. The molecular weight excluding hydrogens is 212 g/mol. The third-order valence-electron chi connectivity index (χ3n) is 3.09. The van der Waals surface area contributed by atoms with Crippen molar-refractivity contribution in [3.63, 3.8) is 0 Å². The van der Waals surface area contributed by atoms with Gasteiger partial charge in [-0.3, -0.25) is 9.59 Å². The Labute approximate surface area is 94.7 Å². The van der Waals surface area contributed by atoms with E-state index in [-0.39, 0.29) is 17.8 Å². The molecule has 0 bridgehead atoms. The van der Waals surface area contributed by atoms with Crippen LogP contribution in [0.5, 0.6) is 0 Å². The first-order chi connectivity index (χ1) is 7.45. The summed E-state index contributed by atoms with van der Waals surface area (Å²) >= 11 is 0. The van der Waals surface area contributed by atoms with E-state index in [4.69, 9.17) is 4.74 Å². The van der Waals surface area contributed by atoms with Gasteiger partial charge in [0.25, 0.3) is 0 Å². The fraction of sp³-hybridized carbons (Fsp3) is 0.818. The molecule has 1 saturated carbocycles. The van der Waals surface area contributed by atoms with Crippen LogP contribution in [0.4, 0.5) is 0 Å². The Morgan fingerprint density at radius 2 is 1.94 bits per heavy atom. The van der Waals surface area contributed by atoms with Crippen molar-refractivity contribution in [3.8, 4) is 0 Å². The van der Waals surface area contributed by atoms with Gasteiger partial charge in [-0.05, 0) is 12.8 Å². The molecule has 1 aliphatic rings. The molecule has 1 aliphatic carbocycles. The number of aliphatic hydroxyl groups excluding tert-OH is 1.